The number of thioether (sulfide) groups is 1. The Hall–Kier alpha value is -2.77. The van der Waals surface area contributed by atoms with Gasteiger partial charge in [0.1, 0.15) is 13.6 Å². The van der Waals surface area contributed by atoms with Gasteiger partial charge in [0.05, 0.1) is 5.75 Å². The van der Waals surface area contributed by atoms with Crippen LogP contribution in [0.5, 0.6) is 0 Å². The summed E-state index contributed by atoms with van der Waals surface area (Å²) in [5.41, 5.74) is 1.61. The zero-order valence-corrected chi connectivity index (χ0v) is 18.4. The smallest absolute Gasteiger partial charge is 0.186 e. The number of thiophene rings is 1. The van der Waals surface area contributed by atoms with E-state index in [0.717, 1.165) is 17.4 Å². The molecule has 3 rings (SSSR count). The van der Waals surface area contributed by atoms with E-state index in [-0.39, 0.29) is 16.7 Å². The Kier molecular flexibility index (Phi) is 13.7. The Labute approximate surface area is 179 Å². The number of nitrogens with one attached hydrogen (secondary N) is 1. The summed E-state index contributed by atoms with van der Waals surface area (Å²) in [4.78, 5) is 39.6. The minimum absolute atomic E-state index is 0.0159. The second-order valence-corrected chi connectivity index (χ2v) is 7.87. The third-order valence-electron chi connectivity index (χ3n) is 3.45. The maximum Gasteiger partial charge on any atom is 0.186 e. The molecule has 1 aromatic heterocycles. The summed E-state index contributed by atoms with van der Waals surface area (Å²) >= 11 is 2.89. The van der Waals surface area contributed by atoms with Crippen molar-refractivity contribution in [3.8, 4) is 0 Å². The Morgan fingerprint density at radius 1 is 1.00 bits per heavy atom. The lowest BCUT2D eigenvalue weighted by Crippen LogP contribution is -2.04. The average Bonchev–Trinajstić information content (AvgIpc) is 3.15. The van der Waals surface area contributed by atoms with Gasteiger partial charge in [0.15, 0.2) is 10.9 Å². The van der Waals surface area contributed by atoms with E-state index in [1.165, 1.54) is 21.9 Å². The first-order chi connectivity index (χ1) is 14.0. The highest BCUT2D eigenvalue weighted by atomic mass is 32.2. The topological polar surface area (TPSA) is 80.3 Å². The molecule has 0 unspecified atom stereocenters. The van der Waals surface area contributed by atoms with Crippen LogP contribution in [0.3, 0.4) is 0 Å². The van der Waals surface area contributed by atoms with Crippen LogP contribution in [-0.2, 0) is 14.4 Å². The van der Waals surface area contributed by atoms with Crippen molar-refractivity contribution in [3.05, 3.63) is 65.0 Å². The number of hydrogen-bond donors (Lipinski definition) is 1. The number of rotatable bonds is 4. The van der Waals surface area contributed by atoms with Crippen LogP contribution in [0, 0.1) is 6.92 Å². The first-order valence-corrected chi connectivity index (χ1v) is 10.3. The van der Waals surface area contributed by atoms with Crippen LogP contribution in [0.1, 0.15) is 22.2 Å². The Bertz CT molecular complexity index is 856. The third-order valence-corrected chi connectivity index (χ3v) is 5.30. The molecule has 0 aliphatic rings. The lowest BCUT2D eigenvalue weighted by molar-refractivity contribution is -0.109. The van der Waals surface area contributed by atoms with E-state index < -0.39 is 0 Å². The maximum absolute atomic E-state index is 11.6. The fourth-order valence-corrected chi connectivity index (χ4v) is 3.61. The number of hydrogen-bond acceptors (Lipinski definition) is 7. The standard InChI is InChI=1S/C11H13NO2S.C9H8S.2CH2O/c1-8(13)15-7-11(14)9-3-5-10(12-2)6-4-9;1-7-6-8-4-2-3-5-9(8)10-7;2*1-2/h3-6,12H,7H2,1-2H3;2-6H,1H3;2*1H2. The van der Waals surface area contributed by atoms with Gasteiger partial charge in [-0.2, -0.15) is 0 Å². The first-order valence-electron chi connectivity index (χ1n) is 8.47. The van der Waals surface area contributed by atoms with Crippen molar-refractivity contribution in [1.82, 2.24) is 0 Å². The molecule has 154 valence electrons. The highest BCUT2D eigenvalue weighted by Gasteiger charge is 2.07. The molecular formula is C22H25NO4S2. The van der Waals surface area contributed by atoms with Crippen molar-refractivity contribution in [2.24, 2.45) is 0 Å². The number of benzene rings is 2. The average molecular weight is 432 g/mol. The number of Topliss-reactive ketones (excluding diaryl/α,β-unsaturated/α-hetero) is 1. The molecule has 0 spiro atoms. The monoisotopic (exact) mass is 431 g/mol. The largest absolute Gasteiger partial charge is 0.388 e. The molecule has 29 heavy (non-hydrogen) atoms. The molecule has 3 aromatic rings. The van der Waals surface area contributed by atoms with Crippen LogP contribution in [-0.4, -0.2) is 37.3 Å². The van der Waals surface area contributed by atoms with Crippen LogP contribution in [0.15, 0.2) is 54.6 Å². The van der Waals surface area contributed by atoms with Crippen molar-refractivity contribution < 1.29 is 19.2 Å². The van der Waals surface area contributed by atoms with E-state index in [4.69, 9.17) is 9.59 Å². The van der Waals surface area contributed by atoms with E-state index in [1.807, 2.05) is 44.1 Å². The minimum Gasteiger partial charge on any atom is -0.388 e. The fourth-order valence-electron chi connectivity index (χ4n) is 2.19. The quantitative estimate of drug-likeness (QED) is 0.584. The molecule has 0 aliphatic carbocycles. The summed E-state index contributed by atoms with van der Waals surface area (Å²) in [5.74, 6) is 0.201. The molecule has 0 amide bonds. The molecule has 7 heteroatoms. The van der Waals surface area contributed by atoms with Crippen molar-refractivity contribution in [2.45, 2.75) is 13.8 Å². The van der Waals surface area contributed by atoms with Crippen molar-refractivity contribution in [3.63, 3.8) is 0 Å². The summed E-state index contributed by atoms with van der Waals surface area (Å²) < 4.78 is 1.39. The van der Waals surface area contributed by atoms with Crippen LogP contribution in [0.25, 0.3) is 10.1 Å². The molecule has 0 saturated carbocycles. The van der Waals surface area contributed by atoms with Gasteiger partial charge in [-0.25, -0.2) is 0 Å². The van der Waals surface area contributed by atoms with Crippen molar-refractivity contribution in [2.75, 3.05) is 18.1 Å². The zero-order valence-electron chi connectivity index (χ0n) is 16.8. The number of fused-ring (bicyclic) bond motifs is 1. The summed E-state index contributed by atoms with van der Waals surface area (Å²) in [6.07, 6.45) is 0. The number of anilines is 1. The Morgan fingerprint density at radius 3 is 2.10 bits per heavy atom. The number of aryl methyl sites for hydroxylation is 1. The van der Waals surface area contributed by atoms with Crippen LogP contribution in [0.4, 0.5) is 5.69 Å². The van der Waals surface area contributed by atoms with Gasteiger partial charge in [-0.3, -0.25) is 9.59 Å². The Morgan fingerprint density at radius 2 is 1.59 bits per heavy atom. The van der Waals surface area contributed by atoms with E-state index in [2.05, 4.69) is 42.6 Å². The van der Waals surface area contributed by atoms with Gasteiger partial charge in [0, 0.05) is 34.8 Å². The van der Waals surface area contributed by atoms with Gasteiger partial charge in [-0.05, 0) is 48.7 Å². The molecule has 0 bridgehead atoms. The molecule has 2 aromatic carbocycles. The van der Waals surface area contributed by atoms with E-state index >= 15 is 0 Å². The SMILES string of the molecule is C=O.C=O.CNc1ccc(C(=O)CSC(C)=O)cc1.Cc1cc2ccccc2s1. The second kappa shape index (κ2) is 15.2. The van der Waals surface area contributed by atoms with E-state index in [0.29, 0.717) is 5.56 Å². The molecule has 0 radical (unpaired) electrons. The highest BCUT2D eigenvalue weighted by Crippen LogP contribution is 2.23. The zero-order chi connectivity index (χ0) is 22.2. The number of ketones is 1. The molecule has 1 heterocycles. The van der Waals surface area contributed by atoms with Gasteiger partial charge >= 0.3 is 0 Å². The molecule has 0 saturated heterocycles. The molecule has 1 N–H and O–H groups in total. The third kappa shape index (κ3) is 9.82. The van der Waals surface area contributed by atoms with Crippen LogP contribution < -0.4 is 5.32 Å². The lowest BCUT2D eigenvalue weighted by atomic mass is 10.1. The molecule has 0 atom stereocenters. The predicted octanol–water partition coefficient (Wildman–Crippen LogP) is 5.03. The summed E-state index contributed by atoms with van der Waals surface area (Å²) in [6, 6.07) is 17.9. The number of carbonyl (C=O) groups excluding carboxylic acids is 4. The summed E-state index contributed by atoms with van der Waals surface area (Å²) in [7, 11) is 1.82. The molecule has 0 fully saturated rings. The maximum atomic E-state index is 11.6. The molecular weight excluding hydrogens is 406 g/mol. The van der Waals surface area contributed by atoms with Gasteiger partial charge in [-0.1, -0.05) is 30.0 Å². The summed E-state index contributed by atoms with van der Waals surface area (Å²) in [6.45, 7) is 7.60. The van der Waals surface area contributed by atoms with Crippen molar-refractivity contribution in [1.29, 1.82) is 0 Å². The Balaban J connectivity index is 0.000000483. The van der Waals surface area contributed by atoms with Gasteiger partial charge < -0.3 is 14.9 Å². The minimum atomic E-state index is -0.0322. The van der Waals surface area contributed by atoms with Gasteiger partial charge in [0.2, 0.25) is 0 Å². The van der Waals surface area contributed by atoms with E-state index in [1.54, 1.807) is 12.1 Å². The summed E-state index contributed by atoms with van der Waals surface area (Å²) in [5, 5.41) is 4.31. The second-order valence-electron chi connectivity index (χ2n) is 5.43. The molecule has 0 aliphatic heterocycles. The fraction of sp³-hybridized carbons (Fsp3) is 0.182. The van der Waals surface area contributed by atoms with Crippen molar-refractivity contribution >= 4 is 63.3 Å². The van der Waals surface area contributed by atoms with Crippen LogP contribution >= 0.6 is 23.1 Å². The predicted molar refractivity (Wildman–Crippen MR) is 124 cm³/mol. The van der Waals surface area contributed by atoms with Gasteiger partial charge in [0.25, 0.3) is 0 Å². The number of carbonyl (C=O) groups is 4. The lowest BCUT2D eigenvalue weighted by Gasteiger charge is -2.02. The first kappa shape index (κ1) is 26.2. The highest BCUT2D eigenvalue weighted by molar-refractivity contribution is 8.14. The van der Waals surface area contributed by atoms with Gasteiger partial charge in [-0.15, -0.1) is 11.3 Å². The molecule has 5 nitrogen and oxygen atoms in total. The van der Waals surface area contributed by atoms with E-state index in [9.17, 15) is 9.59 Å². The normalized spacial score (nSPS) is 8.93. The van der Waals surface area contributed by atoms with Crippen LogP contribution in [0.2, 0.25) is 0 Å².